The minimum absolute atomic E-state index is 0.203. The molecular weight excluding hydrogens is 321 g/mol. The zero-order valence-electron chi connectivity index (χ0n) is 14.9. The molecule has 1 saturated heterocycles. The minimum Gasteiger partial charge on any atom is -0.393 e. The van der Waals surface area contributed by atoms with Crippen LogP contribution in [0.25, 0.3) is 11.4 Å². The summed E-state index contributed by atoms with van der Waals surface area (Å²) in [6.07, 6.45) is 3.58. The number of rotatable bonds is 6. The summed E-state index contributed by atoms with van der Waals surface area (Å²) < 4.78 is 18.9. The molecule has 0 amide bonds. The number of aliphatic hydroxyl groups is 1. The van der Waals surface area contributed by atoms with E-state index in [1.54, 1.807) is 19.1 Å². The van der Waals surface area contributed by atoms with Crippen molar-refractivity contribution in [1.82, 2.24) is 15.0 Å². The molecule has 1 aromatic carbocycles. The van der Waals surface area contributed by atoms with Gasteiger partial charge in [-0.3, -0.25) is 0 Å². The van der Waals surface area contributed by atoms with E-state index < -0.39 is 0 Å². The van der Waals surface area contributed by atoms with Gasteiger partial charge < -0.3 is 14.5 Å². The Morgan fingerprint density at radius 2 is 2.12 bits per heavy atom. The van der Waals surface area contributed by atoms with Crippen LogP contribution in [0.5, 0.6) is 0 Å². The smallest absolute Gasteiger partial charge is 0.227 e. The zero-order chi connectivity index (χ0) is 17.8. The lowest BCUT2D eigenvalue weighted by molar-refractivity contribution is 0.0714. The summed E-state index contributed by atoms with van der Waals surface area (Å²) in [6, 6.07) is 4.97. The molecule has 1 atom stereocenters. The lowest BCUT2D eigenvalue weighted by Gasteiger charge is -2.33. The van der Waals surface area contributed by atoms with E-state index >= 15 is 0 Å². The second kappa shape index (κ2) is 8.06. The Morgan fingerprint density at radius 3 is 2.80 bits per heavy atom. The molecule has 3 rings (SSSR count). The van der Waals surface area contributed by atoms with Crippen LogP contribution in [-0.4, -0.2) is 45.9 Å². The minimum atomic E-state index is -0.260. The van der Waals surface area contributed by atoms with Gasteiger partial charge in [0.1, 0.15) is 5.82 Å². The number of aromatic nitrogens is 2. The number of hydrogen-bond acceptors (Lipinski definition) is 5. The third kappa shape index (κ3) is 4.64. The molecule has 1 unspecified atom stereocenters. The monoisotopic (exact) mass is 347 g/mol. The molecule has 0 bridgehead atoms. The highest BCUT2D eigenvalue weighted by molar-refractivity contribution is 5.54. The maximum absolute atomic E-state index is 13.7. The number of aryl methyl sites for hydroxylation is 2. The predicted octanol–water partition coefficient (Wildman–Crippen LogP) is 3.21. The Morgan fingerprint density at radius 1 is 1.36 bits per heavy atom. The van der Waals surface area contributed by atoms with Crippen LogP contribution in [0.15, 0.2) is 22.7 Å². The first-order valence-corrected chi connectivity index (χ1v) is 9.02. The third-order valence-electron chi connectivity index (χ3n) is 5.08. The molecule has 0 spiro atoms. The van der Waals surface area contributed by atoms with Crippen molar-refractivity contribution in [2.75, 3.05) is 19.6 Å². The van der Waals surface area contributed by atoms with Crippen LogP contribution in [-0.2, 0) is 6.42 Å². The van der Waals surface area contributed by atoms with Gasteiger partial charge in [-0.1, -0.05) is 17.3 Å². The molecule has 1 aliphatic heterocycles. The Kier molecular flexibility index (Phi) is 5.81. The fraction of sp³-hybridized carbons (Fsp3) is 0.579. The van der Waals surface area contributed by atoms with Gasteiger partial charge in [-0.2, -0.15) is 4.98 Å². The molecule has 5 nitrogen and oxygen atoms in total. The largest absolute Gasteiger partial charge is 0.393 e. The standard InChI is InChI=1S/C19H26FN3O2/c1-13-5-6-16(12-17(13)20)19-21-18(25-22-19)4-3-9-23-10-7-15(8-11-23)14(2)24/h5-6,12,14-15,24H,3-4,7-11H2,1-2H3. The Labute approximate surface area is 147 Å². The van der Waals surface area contributed by atoms with E-state index in [2.05, 4.69) is 15.0 Å². The van der Waals surface area contributed by atoms with Gasteiger partial charge in [0.15, 0.2) is 0 Å². The van der Waals surface area contributed by atoms with Crippen molar-refractivity contribution in [1.29, 1.82) is 0 Å². The van der Waals surface area contributed by atoms with Gasteiger partial charge in [0.2, 0.25) is 11.7 Å². The van der Waals surface area contributed by atoms with Crippen molar-refractivity contribution >= 4 is 0 Å². The average molecular weight is 347 g/mol. The fourth-order valence-corrected chi connectivity index (χ4v) is 3.32. The first kappa shape index (κ1) is 18.0. The maximum Gasteiger partial charge on any atom is 0.227 e. The van der Waals surface area contributed by atoms with E-state index in [4.69, 9.17) is 4.52 Å². The van der Waals surface area contributed by atoms with Crippen LogP contribution in [0.1, 0.15) is 37.6 Å². The van der Waals surface area contributed by atoms with Crippen LogP contribution in [0, 0.1) is 18.7 Å². The Bertz CT molecular complexity index is 694. The first-order chi connectivity index (χ1) is 12.0. The quantitative estimate of drug-likeness (QED) is 0.869. The van der Waals surface area contributed by atoms with Crippen LogP contribution >= 0.6 is 0 Å². The molecule has 1 aromatic heterocycles. The number of hydrogen-bond donors (Lipinski definition) is 1. The molecule has 1 aliphatic rings. The molecule has 2 aromatic rings. The van der Waals surface area contributed by atoms with Crippen molar-refractivity contribution < 1.29 is 14.0 Å². The van der Waals surface area contributed by atoms with E-state index in [9.17, 15) is 9.50 Å². The van der Waals surface area contributed by atoms with Gasteiger partial charge in [0.25, 0.3) is 0 Å². The van der Waals surface area contributed by atoms with Gasteiger partial charge in [-0.05, 0) is 70.3 Å². The highest BCUT2D eigenvalue weighted by atomic mass is 19.1. The molecule has 2 heterocycles. The number of benzene rings is 1. The van der Waals surface area contributed by atoms with Crippen molar-refractivity contribution in [2.45, 2.75) is 45.6 Å². The summed E-state index contributed by atoms with van der Waals surface area (Å²) >= 11 is 0. The summed E-state index contributed by atoms with van der Waals surface area (Å²) in [4.78, 5) is 6.80. The van der Waals surface area contributed by atoms with E-state index in [0.717, 1.165) is 45.3 Å². The van der Waals surface area contributed by atoms with Crippen LogP contribution in [0.3, 0.4) is 0 Å². The van der Waals surface area contributed by atoms with Crippen LogP contribution in [0.4, 0.5) is 4.39 Å². The van der Waals surface area contributed by atoms with Gasteiger partial charge in [-0.15, -0.1) is 0 Å². The number of aliphatic hydroxyl groups excluding tert-OH is 1. The van der Waals surface area contributed by atoms with Gasteiger partial charge >= 0.3 is 0 Å². The Balaban J connectivity index is 1.47. The van der Waals surface area contributed by atoms with Gasteiger partial charge in [-0.25, -0.2) is 4.39 Å². The summed E-state index contributed by atoms with van der Waals surface area (Å²) in [5.74, 6) is 1.20. The van der Waals surface area contributed by atoms with Crippen molar-refractivity contribution in [3.8, 4) is 11.4 Å². The first-order valence-electron chi connectivity index (χ1n) is 9.02. The Hall–Kier alpha value is -1.79. The van der Waals surface area contributed by atoms with Crippen molar-refractivity contribution in [3.63, 3.8) is 0 Å². The topological polar surface area (TPSA) is 62.4 Å². The molecule has 0 saturated carbocycles. The molecule has 0 radical (unpaired) electrons. The van der Waals surface area contributed by atoms with E-state index in [1.165, 1.54) is 6.07 Å². The second-order valence-electron chi connectivity index (χ2n) is 7.00. The highest BCUT2D eigenvalue weighted by Crippen LogP contribution is 2.21. The molecular formula is C19H26FN3O2. The molecule has 6 heteroatoms. The summed E-state index contributed by atoms with van der Waals surface area (Å²) in [5.41, 5.74) is 1.24. The van der Waals surface area contributed by atoms with Crippen LogP contribution in [0.2, 0.25) is 0 Å². The molecule has 1 N–H and O–H groups in total. The number of piperidine rings is 1. The average Bonchev–Trinajstić information content (AvgIpc) is 3.07. The maximum atomic E-state index is 13.7. The number of likely N-dealkylation sites (tertiary alicyclic amines) is 1. The molecule has 25 heavy (non-hydrogen) atoms. The van der Waals surface area contributed by atoms with E-state index in [-0.39, 0.29) is 11.9 Å². The van der Waals surface area contributed by atoms with Gasteiger partial charge in [0, 0.05) is 12.0 Å². The predicted molar refractivity (Wildman–Crippen MR) is 93.6 cm³/mol. The van der Waals surface area contributed by atoms with Crippen molar-refractivity contribution in [2.24, 2.45) is 5.92 Å². The summed E-state index contributed by atoms with van der Waals surface area (Å²) in [7, 11) is 0. The van der Waals surface area contributed by atoms with Crippen LogP contribution < -0.4 is 0 Å². The molecule has 0 aliphatic carbocycles. The van der Waals surface area contributed by atoms with Gasteiger partial charge in [0.05, 0.1) is 6.10 Å². The number of halogens is 1. The zero-order valence-corrected chi connectivity index (χ0v) is 14.9. The third-order valence-corrected chi connectivity index (χ3v) is 5.08. The van der Waals surface area contributed by atoms with E-state index in [1.807, 2.05) is 6.92 Å². The lowest BCUT2D eigenvalue weighted by Crippen LogP contribution is -2.37. The number of nitrogens with zero attached hydrogens (tertiary/aromatic N) is 3. The summed E-state index contributed by atoms with van der Waals surface area (Å²) in [5, 5.41) is 13.6. The lowest BCUT2D eigenvalue weighted by atomic mass is 9.92. The molecule has 136 valence electrons. The normalized spacial score (nSPS) is 17.8. The van der Waals surface area contributed by atoms with Crippen molar-refractivity contribution in [3.05, 3.63) is 35.5 Å². The second-order valence-corrected chi connectivity index (χ2v) is 7.00. The SMILES string of the molecule is Cc1ccc(-c2noc(CCCN3CCC(C(C)O)CC3)n2)cc1F. The fourth-order valence-electron chi connectivity index (χ4n) is 3.32. The van der Waals surface area contributed by atoms with E-state index in [0.29, 0.717) is 28.8 Å². The molecule has 1 fully saturated rings. The highest BCUT2D eigenvalue weighted by Gasteiger charge is 2.22. The summed E-state index contributed by atoms with van der Waals surface area (Å²) in [6.45, 7) is 6.67.